The highest BCUT2D eigenvalue weighted by molar-refractivity contribution is 5.86. The first kappa shape index (κ1) is 16.0. The van der Waals surface area contributed by atoms with Crippen LogP contribution in [0.15, 0.2) is 0 Å². The third-order valence-electron chi connectivity index (χ3n) is 4.25. The Morgan fingerprint density at radius 3 is 2.53 bits per heavy atom. The number of likely N-dealkylation sites (tertiary alicyclic amines) is 1. The Kier molecular flexibility index (Phi) is 4.96. The van der Waals surface area contributed by atoms with Gasteiger partial charge in [-0.05, 0) is 32.6 Å². The van der Waals surface area contributed by atoms with E-state index in [1.807, 2.05) is 13.8 Å². The summed E-state index contributed by atoms with van der Waals surface area (Å²) in [6.07, 6.45) is 3.37. The van der Waals surface area contributed by atoms with Crippen molar-refractivity contribution in [2.45, 2.75) is 58.4 Å². The van der Waals surface area contributed by atoms with Gasteiger partial charge in [-0.15, -0.1) is 0 Å². The molecule has 1 rings (SSSR count). The minimum absolute atomic E-state index is 0.117. The van der Waals surface area contributed by atoms with Gasteiger partial charge in [-0.2, -0.15) is 0 Å². The van der Waals surface area contributed by atoms with Gasteiger partial charge in [0.15, 0.2) is 0 Å². The summed E-state index contributed by atoms with van der Waals surface area (Å²) in [6.45, 7) is 6.50. The van der Waals surface area contributed by atoms with Crippen molar-refractivity contribution in [3.63, 3.8) is 0 Å². The number of nitrogens with two attached hydrogens (primary N) is 1. The molecule has 0 radical (unpaired) electrons. The van der Waals surface area contributed by atoms with Gasteiger partial charge >= 0.3 is 5.97 Å². The largest absolute Gasteiger partial charge is 0.481 e. The number of carboxylic acid groups (broad SMARTS) is 1. The fraction of sp³-hybridized carbons (Fsp3) is 0.857. The Balaban J connectivity index is 2.85. The van der Waals surface area contributed by atoms with Crippen LogP contribution < -0.4 is 5.73 Å². The van der Waals surface area contributed by atoms with Crippen molar-refractivity contribution in [2.75, 3.05) is 13.1 Å². The number of carbonyl (C=O) groups excluding carboxylic acids is 1. The van der Waals surface area contributed by atoms with E-state index in [9.17, 15) is 14.7 Å². The first-order valence-electron chi connectivity index (χ1n) is 7.11. The second kappa shape index (κ2) is 5.90. The lowest BCUT2D eigenvalue weighted by Gasteiger charge is -2.42. The van der Waals surface area contributed by atoms with E-state index in [-0.39, 0.29) is 12.5 Å². The smallest absolute Gasteiger partial charge is 0.311 e. The lowest BCUT2D eigenvalue weighted by atomic mass is 9.77. The zero-order chi connectivity index (χ0) is 14.7. The molecular formula is C14H26N2O3. The minimum atomic E-state index is -0.885. The maximum Gasteiger partial charge on any atom is 0.311 e. The molecule has 19 heavy (non-hydrogen) atoms. The molecule has 0 aromatic heterocycles. The number of aliphatic carboxylic acids is 1. The van der Waals surface area contributed by atoms with Crippen LogP contribution in [0.2, 0.25) is 0 Å². The predicted octanol–water partition coefficient (Wildman–Crippen LogP) is 1.61. The summed E-state index contributed by atoms with van der Waals surface area (Å²) >= 11 is 0. The molecule has 110 valence electrons. The van der Waals surface area contributed by atoms with E-state index in [0.717, 1.165) is 12.8 Å². The molecule has 5 heteroatoms. The van der Waals surface area contributed by atoms with Crippen molar-refractivity contribution < 1.29 is 14.7 Å². The number of carbonyl (C=O) groups is 2. The monoisotopic (exact) mass is 270 g/mol. The second-order valence-corrected chi connectivity index (χ2v) is 5.94. The van der Waals surface area contributed by atoms with Crippen LogP contribution in [0.3, 0.4) is 0 Å². The molecule has 1 saturated heterocycles. The van der Waals surface area contributed by atoms with Gasteiger partial charge in [0.2, 0.25) is 5.91 Å². The molecule has 1 fully saturated rings. The summed E-state index contributed by atoms with van der Waals surface area (Å²) < 4.78 is 0. The molecule has 2 atom stereocenters. The maximum atomic E-state index is 12.4. The van der Waals surface area contributed by atoms with E-state index < -0.39 is 16.9 Å². The summed E-state index contributed by atoms with van der Waals surface area (Å²) in [4.78, 5) is 25.6. The molecular weight excluding hydrogens is 244 g/mol. The van der Waals surface area contributed by atoms with Gasteiger partial charge in [-0.3, -0.25) is 9.59 Å². The summed E-state index contributed by atoms with van der Waals surface area (Å²) in [5, 5.41) is 9.43. The van der Waals surface area contributed by atoms with Gasteiger partial charge in [-0.25, -0.2) is 0 Å². The highest BCUT2D eigenvalue weighted by Gasteiger charge is 2.44. The van der Waals surface area contributed by atoms with E-state index in [4.69, 9.17) is 5.73 Å². The van der Waals surface area contributed by atoms with E-state index >= 15 is 0 Å². The number of nitrogens with zero attached hydrogens (tertiary/aromatic N) is 1. The molecule has 0 bridgehead atoms. The van der Waals surface area contributed by atoms with Crippen molar-refractivity contribution in [3.05, 3.63) is 0 Å². The van der Waals surface area contributed by atoms with Crippen LogP contribution in [0.5, 0.6) is 0 Å². The Bertz CT molecular complexity index is 355. The minimum Gasteiger partial charge on any atom is -0.481 e. The number of rotatable bonds is 5. The normalized spacial score (nSPS) is 26.8. The Morgan fingerprint density at radius 1 is 1.42 bits per heavy atom. The van der Waals surface area contributed by atoms with E-state index in [1.54, 1.807) is 11.8 Å². The molecule has 3 N–H and O–H groups in total. The maximum absolute atomic E-state index is 12.4. The van der Waals surface area contributed by atoms with Gasteiger partial charge in [0.05, 0.1) is 11.0 Å². The second-order valence-electron chi connectivity index (χ2n) is 5.94. The number of amides is 1. The van der Waals surface area contributed by atoms with Crippen LogP contribution >= 0.6 is 0 Å². The highest BCUT2D eigenvalue weighted by Crippen LogP contribution is 2.34. The zero-order valence-electron chi connectivity index (χ0n) is 12.2. The third-order valence-corrected chi connectivity index (χ3v) is 4.25. The van der Waals surface area contributed by atoms with E-state index in [1.165, 1.54) is 0 Å². The molecule has 1 aliphatic heterocycles. The first-order chi connectivity index (χ1) is 8.79. The van der Waals surface area contributed by atoms with Crippen molar-refractivity contribution in [3.8, 4) is 0 Å². The van der Waals surface area contributed by atoms with Gasteiger partial charge in [0, 0.05) is 13.1 Å². The molecule has 0 aliphatic carbocycles. The molecule has 0 aromatic rings. The molecule has 0 saturated carbocycles. The molecule has 0 spiro atoms. The van der Waals surface area contributed by atoms with Gasteiger partial charge in [0.25, 0.3) is 0 Å². The van der Waals surface area contributed by atoms with E-state index in [0.29, 0.717) is 25.8 Å². The van der Waals surface area contributed by atoms with Crippen LogP contribution in [0.25, 0.3) is 0 Å². The van der Waals surface area contributed by atoms with Gasteiger partial charge < -0.3 is 15.7 Å². The number of carboxylic acids is 1. The molecule has 2 unspecified atom stereocenters. The van der Waals surface area contributed by atoms with Crippen LogP contribution in [0, 0.1) is 5.41 Å². The summed E-state index contributed by atoms with van der Waals surface area (Å²) in [7, 11) is 0. The molecule has 5 nitrogen and oxygen atoms in total. The van der Waals surface area contributed by atoms with Crippen molar-refractivity contribution in [1.82, 2.24) is 4.90 Å². The van der Waals surface area contributed by atoms with Crippen molar-refractivity contribution in [1.29, 1.82) is 0 Å². The lowest BCUT2D eigenvalue weighted by Crippen LogP contribution is -2.58. The van der Waals surface area contributed by atoms with Crippen LogP contribution in [-0.2, 0) is 9.59 Å². The number of hydrogen-bond acceptors (Lipinski definition) is 3. The Hall–Kier alpha value is -1.10. The number of hydrogen-bond donors (Lipinski definition) is 2. The molecule has 1 amide bonds. The van der Waals surface area contributed by atoms with Crippen LogP contribution in [0.4, 0.5) is 0 Å². The molecule has 0 aromatic carbocycles. The summed E-state index contributed by atoms with van der Waals surface area (Å²) in [5.74, 6) is -0.921. The standard InChI is InChI=1S/C14H26N2O3/c1-4-7-13(3,15)11(17)16-9-6-8-14(5-2,10-16)12(18)19/h4-10,15H2,1-3H3,(H,18,19). The van der Waals surface area contributed by atoms with Crippen LogP contribution in [-0.4, -0.2) is 40.5 Å². The van der Waals surface area contributed by atoms with Crippen molar-refractivity contribution in [2.24, 2.45) is 11.1 Å². The highest BCUT2D eigenvalue weighted by atomic mass is 16.4. The quantitative estimate of drug-likeness (QED) is 0.795. The number of piperidine rings is 1. The Morgan fingerprint density at radius 2 is 2.05 bits per heavy atom. The van der Waals surface area contributed by atoms with E-state index in [2.05, 4.69) is 0 Å². The first-order valence-corrected chi connectivity index (χ1v) is 7.11. The van der Waals surface area contributed by atoms with Gasteiger partial charge in [0.1, 0.15) is 0 Å². The fourth-order valence-corrected chi connectivity index (χ4v) is 2.91. The average Bonchev–Trinajstić information content (AvgIpc) is 2.37. The van der Waals surface area contributed by atoms with Crippen molar-refractivity contribution >= 4 is 11.9 Å². The predicted molar refractivity (Wildman–Crippen MR) is 73.7 cm³/mol. The summed E-state index contributed by atoms with van der Waals surface area (Å²) in [6, 6.07) is 0. The Labute approximate surface area is 115 Å². The third kappa shape index (κ3) is 3.26. The SMILES string of the molecule is CCCC(C)(N)C(=O)N1CCCC(CC)(C(=O)O)C1. The summed E-state index contributed by atoms with van der Waals surface area (Å²) in [5.41, 5.74) is 4.39. The van der Waals surface area contributed by atoms with Gasteiger partial charge in [-0.1, -0.05) is 20.3 Å². The zero-order valence-corrected chi connectivity index (χ0v) is 12.2. The average molecular weight is 270 g/mol. The molecule has 1 heterocycles. The molecule has 1 aliphatic rings. The van der Waals surface area contributed by atoms with Crippen LogP contribution in [0.1, 0.15) is 52.9 Å². The lowest BCUT2D eigenvalue weighted by molar-refractivity contribution is -0.156. The topological polar surface area (TPSA) is 83.6 Å². The fourth-order valence-electron chi connectivity index (χ4n) is 2.91.